The highest BCUT2D eigenvalue weighted by Crippen LogP contribution is 2.20. The lowest BCUT2D eigenvalue weighted by molar-refractivity contribution is -0.192. The number of rotatable bonds is 5. The van der Waals surface area contributed by atoms with Crippen molar-refractivity contribution < 1.29 is 42.6 Å². The van der Waals surface area contributed by atoms with E-state index in [1.807, 2.05) is 18.2 Å². The highest BCUT2D eigenvalue weighted by atomic mass is 19.4. The van der Waals surface area contributed by atoms with Crippen LogP contribution < -0.4 is 14.9 Å². The van der Waals surface area contributed by atoms with Gasteiger partial charge in [-0.2, -0.15) is 13.2 Å². The van der Waals surface area contributed by atoms with Crippen molar-refractivity contribution in [2.24, 2.45) is 0 Å². The summed E-state index contributed by atoms with van der Waals surface area (Å²) >= 11 is 0. The van der Waals surface area contributed by atoms with Crippen LogP contribution in [0.15, 0.2) is 48.7 Å². The van der Waals surface area contributed by atoms with Gasteiger partial charge in [0, 0.05) is 6.07 Å². The van der Waals surface area contributed by atoms with Crippen LogP contribution in [0.25, 0.3) is 11.0 Å². The number of carboxylic acid groups (broad SMARTS) is 1. The fourth-order valence-electron chi connectivity index (χ4n) is 2.11. The summed E-state index contributed by atoms with van der Waals surface area (Å²) < 4.78 is 42.5. The standard InChI is InChI=1S/C16H15BN2O4.C2HF3O2/c1-22-13-6-7-14-15(8-13)18-9-16(19-14)23-10-11-2-4-12(5-3-11)17(20)21;3-2(4,5)1(6)7/h2-9,20-21H,10H2,1H3;(H,6,7). The van der Waals surface area contributed by atoms with E-state index in [2.05, 4.69) is 9.97 Å². The summed E-state index contributed by atoms with van der Waals surface area (Å²) in [6.07, 6.45) is -3.52. The second-order valence-corrected chi connectivity index (χ2v) is 5.77. The Bertz CT molecular complexity index is 999. The first kappa shape index (κ1) is 22.9. The number of aliphatic carboxylic acids is 1. The molecule has 0 unspecified atom stereocenters. The average Bonchev–Trinajstić information content (AvgIpc) is 2.71. The van der Waals surface area contributed by atoms with Gasteiger partial charge in [-0.3, -0.25) is 0 Å². The van der Waals surface area contributed by atoms with Gasteiger partial charge in [0.25, 0.3) is 0 Å². The Morgan fingerprint density at radius 1 is 1.10 bits per heavy atom. The van der Waals surface area contributed by atoms with Crippen LogP contribution in [-0.4, -0.2) is 51.5 Å². The first-order valence-electron chi connectivity index (χ1n) is 8.29. The quantitative estimate of drug-likeness (QED) is 0.528. The van der Waals surface area contributed by atoms with E-state index in [1.54, 1.807) is 37.6 Å². The molecule has 3 rings (SSSR count). The van der Waals surface area contributed by atoms with Crippen LogP contribution in [0.1, 0.15) is 5.56 Å². The Labute approximate surface area is 168 Å². The van der Waals surface area contributed by atoms with Gasteiger partial charge in [0.05, 0.1) is 24.3 Å². The molecule has 3 aromatic rings. The number of benzene rings is 2. The number of methoxy groups -OCH3 is 1. The van der Waals surface area contributed by atoms with Crippen molar-refractivity contribution in [1.82, 2.24) is 9.97 Å². The van der Waals surface area contributed by atoms with Gasteiger partial charge in [-0.15, -0.1) is 0 Å². The molecule has 0 spiro atoms. The second kappa shape index (κ2) is 9.90. The summed E-state index contributed by atoms with van der Waals surface area (Å²) in [7, 11) is 0.140. The molecule has 12 heteroatoms. The van der Waals surface area contributed by atoms with Crippen molar-refractivity contribution in [3.63, 3.8) is 0 Å². The summed E-state index contributed by atoms with van der Waals surface area (Å²) in [5, 5.41) is 25.2. The van der Waals surface area contributed by atoms with Crippen molar-refractivity contribution in [2.45, 2.75) is 12.8 Å². The van der Waals surface area contributed by atoms with Gasteiger partial charge >= 0.3 is 19.3 Å². The van der Waals surface area contributed by atoms with E-state index in [4.69, 9.17) is 29.4 Å². The van der Waals surface area contributed by atoms with E-state index in [0.717, 1.165) is 22.3 Å². The van der Waals surface area contributed by atoms with Crippen molar-refractivity contribution in [2.75, 3.05) is 7.11 Å². The van der Waals surface area contributed by atoms with Crippen molar-refractivity contribution in [1.29, 1.82) is 0 Å². The summed E-state index contributed by atoms with van der Waals surface area (Å²) in [6.45, 7) is 0.318. The molecule has 0 saturated heterocycles. The van der Waals surface area contributed by atoms with Crippen LogP contribution in [0.5, 0.6) is 11.6 Å². The van der Waals surface area contributed by atoms with Crippen molar-refractivity contribution >= 4 is 29.6 Å². The number of ether oxygens (including phenoxy) is 2. The Morgan fingerprint density at radius 2 is 1.73 bits per heavy atom. The molecular formula is C18H16BF3N2O6. The van der Waals surface area contributed by atoms with E-state index in [0.29, 0.717) is 17.9 Å². The summed E-state index contributed by atoms with van der Waals surface area (Å²) in [4.78, 5) is 17.6. The van der Waals surface area contributed by atoms with Crippen molar-refractivity contribution in [3.05, 3.63) is 54.2 Å². The molecule has 30 heavy (non-hydrogen) atoms. The minimum atomic E-state index is -5.08. The monoisotopic (exact) mass is 424 g/mol. The first-order valence-corrected chi connectivity index (χ1v) is 8.29. The molecule has 0 saturated carbocycles. The van der Waals surface area contributed by atoms with Gasteiger partial charge in [0.2, 0.25) is 5.88 Å². The molecule has 158 valence electrons. The highest BCUT2D eigenvalue weighted by molar-refractivity contribution is 6.58. The van der Waals surface area contributed by atoms with Gasteiger partial charge in [-0.1, -0.05) is 24.3 Å². The fourth-order valence-corrected chi connectivity index (χ4v) is 2.11. The Hall–Kier alpha value is -3.38. The van der Waals surface area contributed by atoms with E-state index >= 15 is 0 Å². The van der Waals surface area contributed by atoms with Crippen LogP contribution >= 0.6 is 0 Å². The number of halogens is 3. The lowest BCUT2D eigenvalue weighted by atomic mass is 9.80. The van der Waals surface area contributed by atoms with Crippen LogP contribution in [0, 0.1) is 0 Å². The largest absolute Gasteiger partial charge is 0.497 e. The van der Waals surface area contributed by atoms with Crippen molar-refractivity contribution in [3.8, 4) is 11.6 Å². The molecule has 0 aliphatic heterocycles. The highest BCUT2D eigenvalue weighted by Gasteiger charge is 2.38. The summed E-state index contributed by atoms with van der Waals surface area (Å²) in [5.74, 6) is -1.60. The SMILES string of the molecule is COc1ccc2nc(OCc3ccc(B(O)O)cc3)cnc2c1.O=C(O)C(F)(F)F. The molecule has 0 bridgehead atoms. The average molecular weight is 424 g/mol. The van der Waals surface area contributed by atoms with Gasteiger partial charge in [-0.25, -0.2) is 14.8 Å². The number of carbonyl (C=O) groups is 1. The third kappa shape index (κ3) is 6.60. The number of nitrogens with zero attached hydrogens (tertiary/aromatic N) is 2. The predicted octanol–water partition coefficient (Wildman–Crippen LogP) is 1.53. The zero-order chi connectivity index (χ0) is 22.3. The number of alkyl halides is 3. The molecular weight excluding hydrogens is 408 g/mol. The first-order chi connectivity index (χ1) is 14.1. The molecule has 0 radical (unpaired) electrons. The fraction of sp³-hybridized carbons (Fsp3) is 0.167. The number of hydrogen-bond donors (Lipinski definition) is 3. The Morgan fingerprint density at radius 3 is 2.27 bits per heavy atom. The molecule has 8 nitrogen and oxygen atoms in total. The molecule has 1 aromatic heterocycles. The number of hydrogen-bond acceptors (Lipinski definition) is 7. The number of carboxylic acids is 1. The third-order valence-electron chi connectivity index (χ3n) is 3.63. The maximum Gasteiger partial charge on any atom is 0.490 e. The normalized spacial score (nSPS) is 10.7. The molecule has 0 fully saturated rings. The number of fused-ring (bicyclic) bond motifs is 1. The molecule has 0 atom stereocenters. The maximum atomic E-state index is 10.6. The summed E-state index contributed by atoms with van der Waals surface area (Å²) in [5.41, 5.74) is 2.79. The Balaban J connectivity index is 0.000000396. The van der Waals surface area contributed by atoms with Gasteiger partial charge < -0.3 is 24.6 Å². The smallest absolute Gasteiger partial charge is 0.490 e. The second-order valence-electron chi connectivity index (χ2n) is 5.77. The van der Waals surface area contributed by atoms with Crippen LogP contribution in [-0.2, 0) is 11.4 Å². The van der Waals surface area contributed by atoms with Gasteiger partial charge in [0.15, 0.2) is 0 Å². The van der Waals surface area contributed by atoms with Crippen LogP contribution in [0.4, 0.5) is 13.2 Å². The van der Waals surface area contributed by atoms with Gasteiger partial charge in [-0.05, 0) is 23.2 Å². The zero-order valence-electron chi connectivity index (χ0n) is 15.5. The molecule has 1 heterocycles. The molecule has 0 aliphatic rings. The van der Waals surface area contributed by atoms with E-state index < -0.39 is 19.3 Å². The van der Waals surface area contributed by atoms with Crippen LogP contribution in [0.2, 0.25) is 0 Å². The maximum absolute atomic E-state index is 10.6. The van der Waals surface area contributed by atoms with Crippen LogP contribution in [0.3, 0.4) is 0 Å². The topological polar surface area (TPSA) is 122 Å². The lowest BCUT2D eigenvalue weighted by Gasteiger charge is -2.07. The minimum absolute atomic E-state index is 0.318. The minimum Gasteiger partial charge on any atom is -0.497 e. The third-order valence-corrected chi connectivity index (χ3v) is 3.63. The Kier molecular flexibility index (Phi) is 7.56. The number of aromatic nitrogens is 2. The zero-order valence-corrected chi connectivity index (χ0v) is 15.5. The predicted molar refractivity (Wildman–Crippen MR) is 100 cm³/mol. The lowest BCUT2D eigenvalue weighted by Crippen LogP contribution is -2.29. The van der Waals surface area contributed by atoms with E-state index in [-0.39, 0.29) is 0 Å². The molecule has 2 aromatic carbocycles. The van der Waals surface area contributed by atoms with Gasteiger partial charge in [0.1, 0.15) is 12.4 Å². The molecule has 3 N–H and O–H groups in total. The van der Waals surface area contributed by atoms with E-state index in [9.17, 15) is 13.2 Å². The molecule has 0 aliphatic carbocycles. The summed E-state index contributed by atoms with van der Waals surface area (Å²) in [6, 6.07) is 12.3. The molecule has 0 amide bonds. The van der Waals surface area contributed by atoms with E-state index in [1.165, 1.54) is 0 Å².